The molecule has 3 aromatic rings. The van der Waals surface area contributed by atoms with Crippen LogP contribution in [-0.4, -0.2) is 52.8 Å². The van der Waals surface area contributed by atoms with E-state index in [1.807, 2.05) is 49.3 Å². The van der Waals surface area contributed by atoms with Crippen molar-refractivity contribution in [3.63, 3.8) is 0 Å². The van der Waals surface area contributed by atoms with Gasteiger partial charge in [-0.25, -0.2) is 9.97 Å². The summed E-state index contributed by atoms with van der Waals surface area (Å²) >= 11 is 1.66. The van der Waals surface area contributed by atoms with E-state index >= 15 is 0 Å². The fourth-order valence-electron chi connectivity index (χ4n) is 5.20. The number of amides is 1. The fraction of sp³-hybridized carbons (Fsp3) is 0.481. The van der Waals surface area contributed by atoms with Crippen LogP contribution >= 0.6 is 11.8 Å². The van der Waals surface area contributed by atoms with Gasteiger partial charge in [-0.3, -0.25) is 4.79 Å². The van der Waals surface area contributed by atoms with Crippen LogP contribution in [0.1, 0.15) is 55.8 Å². The normalized spacial score (nSPS) is 23.3. The lowest BCUT2D eigenvalue weighted by Gasteiger charge is -2.30. The lowest BCUT2D eigenvalue weighted by atomic mass is 9.83. The van der Waals surface area contributed by atoms with Crippen LogP contribution in [0.15, 0.2) is 47.6 Å². The topological polar surface area (TPSA) is 83.0 Å². The number of hydrogen-bond donors (Lipinski definition) is 2. The zero-order valence-electron chi connectivity index (χ0n) is 20.8. The van der Waals surface area contributed by atoms with Crippen LogP contribution < -0.4 is 15.5 Å². The smallest absolute Gasteiger partial charge is 0.254 e. The highest BCUT2D eigenvalue weighted by Gasteiger charge is 2.55. The highest BCUT2D eigenvalue weighted by molar-refractivity contribution is 7.99. The molecule has 2 N–H and O–H groups in total. The molecule has 35 heavy (non-hydrogen) atoms. The number of hydrogen-bond acceptors (Lipinski definition) is 7. The molecule has 8 heteroatoms. The van der Waals surface area contributed by atoms with Crippen LogP contribution in [0.5, 0.6) is 0 Å². The number of anilines is 2. The van der Waals surface area contributed by atoms with Crippen molar-refractivity contribution in [2.45, 2.75) is 62.6 Å². The first-order valence-corrected chi connectivity index (χ1v) is 13.6. The molecule has 184 valence electrons. The molecule has 2 fully saturated rings. The van der Waals surface area contributed by atoms with Gasteiger partial charge in [-0.2, -0.15) is 4.98 Å². The molecule has 0 saturated heterocycles. The van der Waals surface area contributed by atoms with Crippen molar-refractivity contribution in [1.82, 2.24) is 20.3 Å². The SMILES string of the molecule is CCCSc1ncccc1C(=O)N[C@@H]1CC12CCC(Nc1nc(N(C)C)c3ccccc3n1)CC2. The van der Waals surface area contributed by atoms with Gasteiger partial charge in [0.25, 0.3) is 5.91 Å². The van der Waals surface area contributed by atoms with Crippen molar-refractivity contribution < 1.29 is 4.79 Å². The summed E-state index contributed by atoms with van der Waals surface area (Å²) < 4.78 is 0. The maximum Gasteiger partial charge on any atom is 0.254 e. The minimum Gasteiger partial charge on any atom is -0.362 e. The number of thioether (sulfide) groups is 1. The number of nitrogens with zero attached hydrogens (tertiary/aromatic N) is 4. The third kappa shape index (κ3) is 5.08. The molecule has 1 aromatic carbocycles. The second-order valence-corrected chi connectivity index (χ2v) is 11.1. The molecule has 2 aliphatic rings. The third-order valence-corrected chi connectivity index (χ3v) is 8.49. The molecule has 0 unspecified atom stereocenters. The number of carbonyl (C=O) groups is 1. The molecule has 1 amide bonds. The average molecular weight is 491 g/mol. The number of nitrogens with one attached hydrogen (secondary N) is 2. The Morgan fingerprint density at radius 2 is 1.94 bits per heavy atom. The molecule has 1 spiro atoms. The molecule has 7 nitrogen and oxygen atoms in total. The van der Waals surface area contributed by atoms with Crippen molar-refractivity contribution >= 4 is 40.3 Å². The van der Waals surface area contributed by atoms with E-state index in [2.05, 4.69) is 28.6 Å². The van der Waals surface area contributed by atoms with Gasteiger partial charge < -0.3 is 15.5 Å². The predicted molar refractivity (Wildman–Crippen MR) is 143 cm³/mol. The average Bonchev–Trinajstić information content (AvgIpc) is 3.54. The van der Waals surface area contributed by atoms with Crippen LogP contribution in [0.2, 0.25) is 0 Å². The second-order valence-electron chi connectivity index (χ2n) is 10.00. The van der Waals surface area contributed by atoms with E-state index < -0.39 is 0 Å². The minimum atomic E-state index is 0.0135. The summed E-state index contributed by atoms with van der Waals surface area (Å²) in [6.45, 7) is 2.14. The Hall–Kier alpha value is -2.87. The molecule has 0 aliphatic heterocycles. The van der Waals surface area contributed by atoms with E-state index in [9.17, 15) is 4.79 Å². The van der Waals surface area contributed by atoms with Crippen LogP contribution in [0.3, 0.4) is 0 Å². The fourth-order valence-corrected chi connectivity index (χ4v) is 6.05. The summed E-state index contributed by atoms with van der Waals surface area (Å²) in [4.78, 5) is 29.1. The van der Waals surface area contributed by atoms with Gasteiger partial charge in [-0.15, -0.1) is 11.8 Å². The van der Waals surface area contributed by atoms with Gasteiger partial charge in [-0.1, -0.05) is 19.1 Å². The maximum atomic E-state index is 13.0. The highest BCUT2D eigenvalue weighted by Crippen LogP contribution is 2.56. The Kier molecular flexibility index (Phi) is 6.82. The number of carbonyl (C=O) groups excluding carboxylic acids is 1. The van der Waals surface area contributed by atoms with E-state index in [0.717, 1.165) is 66.0 Å². The molecule has 0 radical (unpaired) electrons. The lowest BCUT2D eigenvalue weighted by molar-refractivity contribution is 0.0938. The number of aromatic nitrogens is 3. The van der Waals surface area contributed by atoms with Crippen molar-refractivity contribution in [3.8, 4) is 0 Å². The first kappa shape index (κ1) is 23.9. The lowest BCUT2D eigenvalue weighted by Crippen LogP contribution is -2.34. The van der Waals surface area contributed by atoms with Gasteiger partial charge in [0.1, 0.15) is 10.8 Å². The maximum absolute atomic E-state index is 13.0. The largest absolute Gasteiger partial charge is 0.362 e. The van der Waals surface area contributed by atoms with Crippen molar-refractivity contribution in [2.24, 2.45) is 5.41 Å². The Morgan fingerprint density at radius 3 is 2.71 bits per heavy atom. The summed E-state index contributed by atoms with van der Waals surface area (Å²) in [6, 6.07) is 12.5. The van der Waals surface area contributed by atoms with Crippen molar-refractivity contribution in [1.29, 1.82) is 0 Å². The van der Waals surface area contributed by atoms with E-state index in [1.165, 1.54) is 0 Å². The Morgan fingerprint density at radius 1 is 1.14 bits per heavy atom. The first-order chi connectivity index (χ1) is 17.0. The third-order valence-electron chi connectivity index (χ3n) is 7.28. The van der Waals surface area contributed by atoms with Crippen LogP contribution in [0, 0.1) is 5.41 Å². The standard InChI is InChI=1S/C27H34N6OS/c1-4-16-35-25-20(9-7-15-28-25)24(34)31-22-17-27(22)13-11-18(12-14-27)29-26-30-21-10-6-5-8-19(21)23(32-26)33(2)3/h5-10,15,18,22H,4,11-14,16-17H2,1-3H3,(H,31,34)(H,29,30,32)/t18?,22-,27?/m1/s1. The van der Waals surface area contributed by atoms with E-state index in [1.54, 1.807) is 18.0 Å². The summed E-state index contributed by atoms with van der Waals surface area (Å²) in [6.07, 6.45) is 8.23. The van der Waals surface area contributed by atoms with Crippen LogP contribution in [-0.2, 0) is 0 Å². The van der Waals surface area contributed by atoms with Crippen LogP contribution in [0.25, 0.3) is 10.9 Å². The van der Waals surface area contributed by atoms with Crippen molar-refractivity contribution in [3.05, 3.63) is 48.2 Å². The van der Waals surface area contributed by atoms with Gasteiger partial charge in [-0.05, 0) is 74.0 Å². The number of para-hydroxylation sites is 1. The van der Waals surface area contributed by atoms with Gasteiger partial charge in [0.05, 0.1) is 11.1 Å². The number of pyridine rings is 1. The molecular weight excluding hydrogens is 456 g/mol. The van der Waals surface area contributed by atoms with Gasteiger partial charge in [0.15, 0.2) is 0 Å². The molecule has 2 saturated carbocycles. The Bertz CT molecular complexity index is 1210. The Labute approximate surface area is 211 Å². The minimum absolute atomic E-state index is 0.0135. The molecule has 1 atom stereocenters. The molecule has 2 aliphatic carbocycles. The van der Waals surface area contributed by atoms with Gasteiger partial charge >= 0.3 is 0 Å². The summed E-state index contributed by atoms with van der Waals surface area (Å²) in [5, 5.41) is 8.80. The summed E-state index contributed by atoms with van der Waals surface area (Å²) in [5.74, 6) is 2.61. The Balaban J connectivity index is 1.19. The zero-order valence-corrected chi connectivity index (χ0v) is 21.6. The van der Waals surface area contributed by atoms with Crippen LogP contribution in [0.4, 0.5) is 11.8 Å². The van der Waals surface area contributed by atoms with E-state index in [4.69, 9.17) is 9.97 Å². The molecule has 2 aromatic heterocycles. The molecule has 2 heterocycles. The number of rotatable bonds is 8. The monoisotopic (exact) mass is 490 g/mol. The van der Waals surface area contributed by atoms with Gasteiger partial charge in [0.2, 0.25) is 5.95 Å². The highest BCUT2D eigenvalue weighted by atomic mass is 32.2. The van der Waals surface area contributed by atoms with E-state index in [0.29, 0.717) is 17.6 Å². The van der Waals surface area contributed by atoms with Gasteiger partial charge in [0, 0.05) is 37.8 Å². The van der Waals surface area contributed by atoms with Crippen molar-refractivity contribution in [2.75, 3.05) is 30.1 Å². The zero-order chi connectivity index (χ0) is 24.4. The summed E-state index contributed by atoms with van der Waals surface area (Å²) in [5.41, 5.74) is 1.90. The first-order valence-electron chi connectivity index (χ1n) is 12.6. The quantitative estimate of drug-likeness (QED) is 0.423. The number of fused-ring (bicyclic) bond motifs is 1. The second kappa shape index (κ2) is 10.0. The predicted octanol–water partition coefficient (Wildman–Crippen LogP) is 5.14. The van der Waals surface area contributed by atoms with E-state index in [-0.39, 0.29) is 17.4 Å². The summed E-state index contributed by atoms with van der Waals surface area (Å²) in [7, 11) is 4.03. The molecular formula is C27H34N6OS. The molecule has 5 rings (SSSR count). The number of benzene rings is 1. The molecule has 0 bridgehead atoms.